The van der Waals surface area contributed by atoms with E-state index in [2.05, 4.69) is 0 Å². The second-order valence-corrected chi connectivity index (χ2v) is 3.87. The van der Waals surface area contributed by atoms with Crippen molar-refractivity contribution in [3.63, 3.8) is 0 Å². The average molecular weight is 218 g/mol. The molecule has 0 bridgehead atoms. The van der Waals surface area contributed by atoms with E-state index in [1.165, 1.54) is 19.3 Å². The standard InChI is InChI=1S/C11H22O4/c1-12-11(13-2,14-3)9-15-10-7-5-4-6-8-10/h10H,4-9H2,1-3H3. The molecule has 0 radical (unpaired) electrons. The van der Waals surface area contributed by atoms with Crippen LogP contribution in [0.1, 0.15) is 32.1 Å². The summed E-state index contributed by atoms with van der Waals surface area (Å²) >= 11 is 0. The molecule has 0 N–H and O–H groups in total. The zero-order valence-electron chi connectivity index (χ0n) is 9.95. The Morgan fingerprint density at radius 3 is 1.93 bits per heavy atom. The third-order valence-electron chi connectivity index (χ3n) is 2.98. The average Bonchev–Trinajstić information content (AvgIpc) is 2.33. The van der Waals surface area contributed by atoms with Gasteiger partial charge in [0.25, 0.3) is 0 Å². The number of methoxy groups -OCH3 is 3. The van der Waals surface area contributed by atoms with Gasteiger partial charge in [0.1, 0.15) is 6.61 Å². The number of hydrogen-bond donors (Lipinski definition) is 0. The van der Waals surface area contributed by atoms with Crippen LogP contribution < -0.4 is 0 Å². The van der Waals surface area contributed by atoms with Crippen molar-refractivity contribution in [3.8, 4) is 0 Å². The first-order valence-corrected chi connectivity index (χ1v) is 5.53. The van der Waals surface area contributed by atoms with Crippen molar-refractivity contribution in [2.24, 2.45) is 0 Å². The molecule has 1 saturated carbocycles. The van der Waals surface area contributed by atoms with E-state index in [1.807, 2.05) is 0 Å². The number of ether oxygens (including phenoxy) is 4. The first-order chi connectivity index (χ1) is 7.26. The molecule has 0 heterocycles. The Morgan fingerprint density at radius 1 is 0.933 bits per heavy atom. The van der Waals surface area contributed by atoms with Crippen LogP contribution in [0.2, 0.25) is 0 Å². The smallest absolute Gasteiger partial charge is 0.307 e. The summed E-state index contributed by atoms with van der Waals surface area (Å²) in [5.74, 6) is -1.04. The van der Waals surface area contributed by atoms with Crippen LogP contribution >= 0.6 is 0 Å². The number of rotatable bonds is 6. The lowest BCUT2D eigenvalue weighted by Gasteiger charge is -2.31. The van der Waals surface area contributed by atoms with Crippen LogP contribution in [0.25, 0.3) is 0 Å². The molecule has 0 unspecified atom stereocenters. The van der Waals surface area contributed by atoms with Gasteiger partial charge in [0, 0.05) is 21.3 Å². The Kier molecular flexibility index (Phi) is 5.53. The Hall–Kier alpha value is -0.160. The van der Waals surface area contributed by atoms with Gasteiger partial charge in [0.05, 0.1) is 6.10 Å². The van der Waals surface area contributed by atoms with Gasteiger partial charge in [-0.15, -0.1) is 0 Å². The highest BCUT2D eigenvalue weighted by molar-refractivity contribution is 4.66. The second kappa shape index (κ2) is 6.43. The van der Waals surface area contributed by atoms with E-state index in [1.54, 1.807) is 21.3 Å². The molecule has 0 amide bonds. The molecular formula is C11H22O4. The SMILES string of the molecule is COC(COC1CCCCC1)(OC)OC. The van der Waals surface area contributed by atoms with Crippen molar-refractivity contribution in [3.05, 3.63) is 0 Å². The Morgan fingerprint density at radius 2 is 1.47 bits per heavy atom. The van der Waals surface area contributed by atoms with Crippen molar-refractivity contribution < 1.29 is 18.9 Å². The third-order valence-corrected chi connectivity index (χ3v) is 2.98. The molecule has 1 rings (SSSR count). The molecular weight excluding hydrogens is 196 g/mol. The normalized spacial score (nSPS) is 19.4. The lowest BCUT2D eigenvalue weighted by atomic mass is 9.98. The summed E-state index contributed by atoms with van der Waals surface area (Å²) in [5, 5.41) is 0. The maximum Gasteiger partial charge on any atom is 0.307 e. The molecule has 0 atom stereocenters. The van der Waals surface area contributed by atoms with Gasteiger partial charge in [0.15, 0.2) is 0 Å². The summed E-state index contributed by atoms with van der Waals surface area (Å²) in [6.45, 7) is 0.321. The van der Waals surface area contributed by atoms with E-state index in [-0.39, 0.29) is 0 Å². The minimum atomic E-state index is -1.04. The van der Waals surface area contributed by atoms with Crippen molar-refractivity contribution in [1.29, 1.82) is 0 Å². The predicted octanol–water partition coefficient (Wildman–Crippen LogP) is 1.93. The van der Waals surface area contributed by atoms with E-state index in [0.29, 0.717) is 12.7 Å². The lowest BCUT2D eigenvalue weighted by molar-refractivity contribution is -0.371. The molecule has 15 heavy (non-hydrogen) atoms. The zero-order chi connectivity index (χ0) is 11.1. The lowest BCUT2D eigenvalue weighted by Crippen LogP contribution is -2.42. The molecule has 0 aromatic carbocycles. The molecule has 90 valence electrons. The second-order valence-electron chi connectivity index (χ2n) is 3.87. The van der Waals surface area contributed by atoms with Crippen molar-refractivity contribution >= 4 is 0 Å². The van der Waals surface area contributed by atoms with Crippen LogP contribution in [-0.4, -0.2) is 40.0 Å². The Labute approximate surface area is 91.8 Å². The van der Waals surface area contributed by atoms with Crippen LogP contribution in [0, 0.1) is 0 Å². The van der Waals surface area contributed by atoms with Crippen molar-refractivity contribution in [2.45, 2.75) is 44.2 Å². The molecule has 4 heteroatoms. The molecule has 0 spiro atoms. The predicted molar refractivity (Wildman–Crippen MR) is 56.6 cm³/mol. The summed E-state index contributed by atoms with van der Waals surface area (Å²) in [6.07, 6.45) is 6.43. The molecule has 0 aliphatic heterocycles. The third kappa shape index (κ3) is 3.72. The topological polar surface area (TPSA) is 36.9 Å². The van der Waals surface area contributed by atoms with Crippen LogP contribution in [0.5, 0.6) is 0 Å². The summed E-state index contributed by atoms with van der Waals surface area (Å²) in [5.41, 5.74) is 0. The maximum absolute atomic E-state index is 5.75. The Bertz CT molecular complexity index is 154. The first-order valence-electron chi connectivity index (χ1n) is 5.53. The van der Waals surface area contributed by atoms with Crippen LogP contribution in [0.4, 0.5) is 0 Å². The highest BCUT2D eigenvalue weighted by Gasteiger charge is 2.31. The highest BCUT2D eigenvalue weighted by atomic mass is 16.9. The highest BCUT2D eigenvalue weighted by Crippen LogP contribution is 2.22. The fourth-order valence-corrected chi connectivity index (χ4v) is 1.88. The van der Waals surface area contributed by atoms with Gasteiger partial charge in [-0.05, 0) is 12.8 Å². The monoisotopic (exact) mass is 218 g/mol. The Balaban J connectivity index is 2.31. The van der Waals surface area contributed by atoms with Crippen LogP contribution in [0.15, 0.2) is 0 Å². The van der Waals surface area contributed by atoms with Crippen molar-refractivity contribution in [1.82, 2.24) is 0 Å². The largest absolute Gasteiger partial charge is 0.370 e. The van der Waals surface area contributed by atoms with Gasteiger partial charge in [-0.2, -0.15) is 0 Å². The van der Waals surface area contributed by atoms with Gasteiger partial charge < -0.3 is 18.9 Å². The van der Waals surface area contributed by atoms with E-state index in [4.69, 9.17) is 18.9 Å². The van der Waals surface area contributed by atoms with Crippen molar-refractivity contribution in [2.75, 3.05) is 27.9 Å². The van der Waals surface area contributed by atoms with E-state index in [0.717, 1.165) is 12.8 Å². The molecule has 1 aliphatic rings. The molecule has 0 saturated heterocycles. The minimum absolute atomic E-state index is 0.321. The van der Waals surface area contributed by atoms with Gasteiger partial charge >= 0.3 is 5.97 Å². The fourth-order valence-electron chi connectivity index (χ4n) is 1.88. The van der Waals surface area contributed by atoms with Gasteiger partial charge in [0.2, 0.25) is 0 Å². The quantitative estimate of drug-likeness (QED) is 0.638. The molecule has 0 aromatic rings. The van der Waals surface area contributed by atoms with Crippen LogP contribution in [0.3, 0.4) is 0 Å². The van der Waals surface area contributed by atoms with E-state index < -0.39 is 5.97 Å². The summed E-state index contributed by atoms with van der Waals surface area (Å²) in [4.78, 5) is 0. The maximum atomic E-state index is 5.75. The fraction of sp³-hybridized carbons (Fsp3) is 1.00. The first kappa shape index (κ1) is 12.9. The summed E-state index contributed by atoms with van der Waals surface area (Å²) < 4.78 is 21.2. The van der Waals surface area contributed by atoms with E-state index in [9.17, 15) is 0 Å². The van der Waals surface area contributed by atoms with Gasteiger partial charge in [-0.3, -0.25) is 0 Å². The minimum Gasteiger partial charge on any atom is -0.370 e. The molecule has 1 aliphatic carbocycles. The van der Waals surface area contributed by atoms with E-state index >= 15 is 0 Å². The molecule has 0 aromatic heterocycles. The van der Waals surface area contributed by atoms with Crippen LogP contribution in [-0.2, 0) is 18.9 Å². The van der Waals surface area contributed by atoms with Gasteiger partial charge in [-0.1, -0.05) is 19.3 Å². The molecule has 1 fully saturated rings. The molecule has 4 nitrogen and oxygen atoms in total. The van der Waals surface area contributed by atoms with Gasteiger partial charge in [-0.25, -0.2) is 0 Å². The summed E-state index contributed by atoms with van der Waals surface area (Å²) in [7, 11) is 4.66. The number of hydrogen-bond acceptors (Lipinski definition) is 4. The zero-order valence-corrected chi connectivity index (χ0v) is 9.95. The summed E-state index contributed by atoms with van der Waals surface area (Å²) in [6, 6.07) is 0.